The summed E-state index contributed by atoms with van der Waals surface area (Å²) in [5.74, 6) is -0.322. The summed E-state index contributed by atoms with van der Waals surface area (Å²) in [6.07, 6.45) is -0.888. The number of aliphatic hydroxyl groups excluding tert-OH is 1. The zero-order chi connectivity index (χ0) is 13.3. The summed E-state index contributed by atoms with van der Waals surface area (Å²) in [6.45, 7) is -0.000158. The van der Waals surface area contributed by atoms with E-state index in [9.17, 15) is 20.0 Å². The van der Waals surface area contributed by atoms with Gasteiger partial charge >= 0.3 is 5.69 Å². The van der Waals surface area contributed by atoms with Crippen LogP contribution >= 0.6 is 0 Å². The first kappa shape index (κ1) is 12.2. The van der Waals surface area contributed by atoms with Crippen LogP contribution in [0.25, 0.3) is 0 Å². The van der Waals surface area contributed by atoms with Crippen molar-refractivity contribution >= 4 is 17.4 Å². The molecule has 8 heteroatoms. The van der Waals surface area contributed by atoms with E-state index in [1.54, 1.807) is 0 Å². The lowest BCUT2D eigenvalue weighted by Crippen LogP contribution is -2.27. The van der Waals surface area contributed by atoms with E-state index in [2.05, 4.69) is 4.98 Å². The van der Waals surface area contributed by atoms with Crippen LogP contribution in [-0.2, 0) is 4.79 Å². The number of pyridine rings is 1. The van der Waals surface area contributed by atoms with Crippen LogP contribution in [0.5, 0.6) is 5.88 Å². The van der Waals surface area contributed by atoms with Crippen molar-refractivity contribution in [2.45, 2.75) is 12.5 Å². The van der Waals surface area contributed by atoms with Gasteiger partial charge in [0.25, 0.3) is 0 Å². The number of aliphatic hydroxyl groups is 1. The van der Waals surface area contributed by atoms with Gasteiger partial charge in [0.05, 0.1) is 31.1 Å². The Morgan fingerprint density at radius 1 is 1.61 bits per heavy atom. The number of rotatable bonds is 3. The predicted molar refractivity (Wildman–Crippen MR) is 60.4 cm³/mol. The van der Waals surface area contributed by atoms with Crippen LogP contribution in [0.15, 0.2) is 12.1 Å². The standard InChI is InChI=1S/C10H11N3O5/c1-18-8-3-2-7(13(16)17)10(11-8)12-5-6(14)4-9(12)15/h2-3,6,14H,4-5H2,1H3. The molecule has 1 N–H and O–H groups in total. The molecule has 1 aromatic rings. The largest absolute Gasteiger partial charge is 0.481 e. The molecular formula is C10H11N3O5. The minimum atomic E-state index is -0.829. The number of carbonyl (C=O) groups is 1. The monoisotopic (exact) mass is 253 g/mol. The number of nitrogens with zero attached hydrogens (tertiary/aromatic N) is 3. The number of nitro groups is 1. The van der Waals surface area contributed by atoms with Crippen molar-refractivity contribution in [2.75, 3.05) is 18.6 Å². The van der Waals surface area contributed by atoms with Gasteiger partial charge in [0.2, 0.25) is 17.6 Å². The van der Waals surface area contributed by atoms with Crippen LogP contribution < -0.4 is 9.64 Å². The van der Waals surface area contributed by atoms with Gasteiger partial charge in [-0.3, -0.25) is 19.8 Å². The summed E-state index contributed by atoms with van der Waals surface area (Å²) in [6, 6.07) is 2.57. The lowest BCUT2D eigenvalue weighted by molar-refractivity contribution is -0.384. The molecule has 1 aliphatic heterocycles. The fraction of sp³-hybridized carbons (Fsp3) is 0.400. The van der Waals surface area contributed by atoms with Gasteiger partial charge in [0.1, 0.15) is 0 Å². The quantitative estimate of drug-likeness (QED) is 0.604. The van der Waals surface area contributed by atoms with E-state index in [-0.39, 0.29) is 30.4 Å². The summed E-state index contributed by atoms with van der Waals surface area (Å²) in [4.78, 5) is 26.9. The Bertz CT molecular complexity index is 504. The average Bonchev–Trinajstić information content (AvgIpc) is 2.67. The van der Waals surface area contributed by atoms with Crippen molar-refractivity contribution in [1.29, 1.82) is 0 Å². The minimum absolute atomic E-state index is 0.000158. The molecule has 0 radical (unpaired) electrons. The van der Waals surface area contributed by atoms with Gasteiger partial charge in [-0.2, -0.15) is 4.98 Å². The molecular weight excluding hydrogens is 242 g/mol. The number of hydrogen-bond donors (Lipinski definition) is 1. The van der Waals surface area contributed by atoms with Crippen LogP contribution in [0.4, 0.5) is 11.5 Å². The van der Waals surface area contributed by atoms with Crippen LogP contribution in [0, 0.1) is 10.1 Å². The molecule has 1 fully saturated rings. The zero-order valence-electron chi connectivity index (χ0n) is 9.57. The number of amides is 1. The van der Waals surface area contributed by atoms with Crippen LogP contribution in [0.2, 0.25) is 0 Å². The van der Waals surface area contributed by atoms with Crippen molar-refractivity contribution in [1.82, 2.24) is 4.98 Å². The summed E-state index contributed by atoms with van der Waals surface area (Å²) in [5, 5.41) is 20.3. The molecule has 1 amide bonds. The summed E-state index contributed by atoms with van der Waals surface area (Å²) >= 11 is 0. The summed E-state index contributed by atoms with van der Waals surface area (Å²) in [7, 11) is 1.37. The Balaban J connectivity index is 2.47. The number of anilines is 1. The number of aromatic nitrogens is 1. The second-order valence-corrected chi connectivity index (χ2v) is 3.82. The van der Waals surface area contributed by atoms with Crippen LogP contribution in [-0.4, -0.2) is 40.7 Å². The Morgan fingerprint density at radius 3 is 2.83 bits per heavy atom. The maximum Gasteiger partial charge on any atom is 0.312 e. The molecule has 0 aliphatic carbocycles. The molecule has 18 heavy (non-hydrogen) atoms. The van der Waals surface area contributed by atoms with E-state index in [1.165, 1.54) is 19.2 Å². The van der Waals surface area contributed by atoms with Gasteiger partial charge < -0.3 is 9.84 Å². The first-order valence-corrected chi connectivity index (χ1v) is 5.20. The first-order chi connectivity index (χ1) is 8.52. The molecule has 0 spiro atoms. The molecule has 0 aromatic carbocycles. The van der Waals surface area contributed by atoms with Gasteiger partial charge in [-0.25, -0.2) is 0 Å². The predicted octanol–water partition coefficient (Wildman–Crippen LogP) is 0.0960. The third-order valence-electron chi connectivity index (χ3n) is 2.60. The normalized spacial score (nSPS) is 19.1. The Morgan fingerprint density at radius 2 is 2.33 bits per heavy atom. The first-order valence-electron chi connectivity index (χ1n) is 5.20. The van der Waals surface area contributed by atoms with Crippen molar-refractivity contribution in [2.24, 2.45) is 0 Å². The number of methoxy groups -OCH3 is 1. The molecule has 2 rings (SSSR count). The van der Waals surface area contributed by atoms with Gasteiger partial charge in [-0.05, 0) is 0 Å². The molecule has 0 bridgehead atoms. The molecule has 1 aliphatic rings. The zero-order valence-corrected chi connectivity index (χ0v) is 9.57. The number of carbonyl (C=O) groups excluding carboxylic acids is 1. The Labute approximate surface area is 102 Å². The molecule has 2 heterocycles. The number of β-amino-alcohol motifs (C(OH)–C–C–N with tert-alkyl or cyclic N) is 1. The van der Waals surface area contributed by atoms with Gasteiger partial charge in [0, 0.05) is 12.1 Å². The van der Waals surface area contributed by atoms with Crippen molar-refractivity contribution in [3.05, 3.63) is 22.2 Å². The maximum absolute atomic E-state index is 11.6. The highest BCUT2D eigenvalue weighted by Crippen LogP contribution is 2.31. The SMILES string of the molecule is COc1ccc([N+](=O)[O-])c(N2CC(O)CC2=O)n1. The van der Waals surface area contributed by atoms with E-state index in [0.29, 0.717) is 0 Å². The molecule has 1 aromatic heterocycles. The number of ether oxygens (including phenoxy) is 1. The average molecular weight is 253 g/mol. The van der Waals surface area contributed by atoms with Gasteiger partial charge in [-0.15, -0.1) is 0 Å². The minimum Gasteiger partial charge on any atom is -0.481 e. The Kier molecular flexibility index (Phi) is 3.11. The maximum atomic E-state index is 11.6. The van der Waals surface area contributed by atoms with Crippen molar-refractivity contribution < 1.29 is 19.6 Å². The molecule has 96 valence electrons. The second-order valence-electron chi connectivity index (χ2n) is 3.82. The lowest BCUT2D eigenvalue weighted by Gasteiger charge is -2.15. The fourth-order valence-corrected chi connectivity index (χ4v) is 1.77. The van der Waals surface area contributed by atoms with Gasteiger partial charge in [0.15, 0.2) is 0 Å². The summed E-state index contributed by atoms with van der Waals surface area (Å²) < 4.78 is 4.88. The molecule has 0 saturated carbocycles. The molecule has 1 atom stereocenters. The van der Waals surface area contributed by atoms with E-state index in [4.69, 9.17) is 4.74 Å². The number of hydrogen-bond acceptors (Lipinski definition) is 6. The van der Waals surface area contributed by atoms with Gasteiger partial charge in [-0.1, -0.05) is 0 Å². The summed E-state index contributed by atoms with van der Waals surface area (Å²) in [5.41, 5.74) is -0.293. The van der Waals surface area contributed by atoms with E-state index in [0.717, 1.165) is 4.90 Å². The Hall–Kier alpha value is -2.22. The molecule has 8 nitrogen and oxygen atoms in total. The van der Waals surface area contributed by atoms with Crippen LogP contribution in [0.3, 0.4) is 0 Å². The smallest absolute Gasteiger partial charge is 0.312 e. The highest BCUT2D eigenvalue weighted by Gasteiger charge is 2.34. The van der Waals surface area contributed by atoms with E-state index in [1.807, 2.05) is 0 Å². The molecule has 1 unspecified atom stereocenters. The van der Waals surface area contributed by atoms with Crippen molar-refractivity contribution in [3.8, 4) is 5.88 Å². The third kappa shape index (κ3) is 2.09. The highest BCUT2D eigenvalue weighted by molar-refractivity contribution is 5.97. The highest BCUT2D eigenvalue weighted by atomic mass is 16.6. The second kappa shape index (κ2) is 4.57. The topological polar surface area (TPSA) is 106 Å². The van der Waals surface area contributed by atoms with Crippen molar-refractivity contribution in [3.63, 3.8) is 0 Å². The lowest BCUT2D eigenvalue weighted by atomic mass is 10.3. The molecule has 1 saturated heterocycles. The van der Waals surface area contributed by atoms with Crippen LogP contribution in [0.1, 0.15) is 6.42 Å². The third-order valence-corrected chi connectivity index (χ3v) is 2.60. The van der Waals surface area contributed by atoms with E-state index < -0.39 is 16.9 Å². The van der Waals surface area contributed by atoms with E-state index >= 15 is 0 Å². The fourth-order valence-electron chi connectivity index (χ4n) is 1.77.